The standard InChI is InChI=1S/C16H20N2O4/c19-15(13-6-2-8-21-13)17-11-4-1-5-12(10-11)18-16(20)14-7-3-9-22-14/h1,4-5,10,13-14H,2-3,6-9H2,(H,17,19)(H,18,20)/t13-,14-/m0/s1. The van der Waals surface area contributed by atoms with E-state index in [1.807, 2.05) is 0 Å². The number of anilines is 2. The van der Waals surface area contributed by atoms with Gasteiger partial charge in [0.2, 0.25) is 0 Å². The summed E-state index contributed by atoms with van der Waals surface area (Å²) < 4.78 is 10.7. The Morgan fingerprint density at radius 2 is 1.41 bits per heavy atom. The average Bonchev–Trinajstić information content (AvgIpc) is 3.21. The number of benzene rings is 1. The van der Waals surface area contributed by atoms with Crippen molar-refractivity contribution < 1.29 is 19.1 Å². The van der Waals surface area contributed by atoms with Crippen molar-refractivity contribution >= 4 is 23.2 Å². The highest BCUT2D eigenvalue weighted by Gasteiger charge is 2.25. The van der Waals surface area contributed by atoms with E-state index in [1.54, 1.807) is 24.3 Å². The minimum atomic E-state index is -0.370. The van der Waals surface area contributed by atoms with Gasteiger partial charge >= 0.3 is 0 Å². The van der Waals surface area contributed by atoms with E-state index >= 15 is 0 Å². The summed E-state index contributed by atoms with van der Waals surface area (Å²) in [5, 5.41) is 5.64. The van der Waals surface area contributed by atoms with Crippen LogP contribution in [0.15, 0.2) is 24.3 Å². The number of carbonyl (C=O) groups excluding carboxylic acids is 2. The fourth-order valence-electron chi connectivity index (χ4n) is 2.69. The summed E-state index contributed by atoms with van der Waals surface area (Å²) in [4.78, 5) is 24.0. The van der Waals surface area contributed by atoms with E-state index < -0.39 is 0 Å². The predicted molar refractivity (Wildman–Crippen MR) is 81.6 cm³/mol. The molecule has 0 spiro atoms. The number of amides is 2. The molecule has 0 aromatic heterocycles. The molecule has 0 saturated carbocycles. The zero-order chi connectivity index (χ0) is 15.4. The van der Waals surface area contributed by atoms with E-state index in [-0.39, 0.29) is 24.0 Å². The van der Waals surface area contributed by atoms with Crippen LogP contribution in [0, 0.1) is 0 Å². The second-order valence-corrected chi connectivity index (χ2v) is 5.56. The Morgan fingerprint density at radius 3 is 1.82 bits per heavy atom. The molecule has 2 amide bonds. The van der Waals surface area contributed by atoms with Gasteiger partial charge in [0.1, 0.15) is 12.2 Å². The van der Waals surface area contributed by atoms with Gasteiger partial charge in [0, 0.05) is 24.6 Å². The largest absolute Gasteiger partial charge is 0.368 e. The third kappa shape index (κ3) is 3.64. The first kappa shape index (κ1) is 15.0. The van der Waals surface area contributed by atoms with Crippen molar-refractivity contribution in [2.45, 2.75) is 37.9 Å². The van der Waals surface area contributed by atoms with E-state index in [1.165, 1.54) is 0 Å². The molecule has 2 aliphatic rings. The van der Waals surface area contributed by atoms with Gasteiger partial charge in [-0.1, -0.05) is 6.07 Å². The van der Waals surface area contributed by atoms with Gasteiger partial charge in [-0.3, -0.25) is 9.59 Å². The van der Waals surface area contributed by atoms with E-state index in [4.69, 9.17) is 9.47 Å². The van der Waals surface area contributed by atoms with Crippen LogP contribution in [0.4, 0.5) is 11.4 Å². The van der Waals surface area contributed by atoms with Crippen LogP contribution < -0.4 is 10.6 Å². The molecule has 1 aromatic rings. The smallest absolute Gasteiger partial charge is 0.253 e. The normalized spacial score (nSPS) is 24.2. The maximum Gasteiger partial charge on any atom is 0.253 e. The van der Waals surface area contributed by atoms with Crippen LogP contribution in [0.3, 0.4) is 0 Å². The van der Waals surface area contributed by atoms with Gasteiger partial charge in [-0.15, -0.1) is 0 Å². The number of carbonyl (C=O) groups is 2. The first-order chi connectivity index (χ1) is 10.7. The molecule has 2 fully saturated rings. The van der Waals surface area contributed by atoms with Crippen molar-refractivity contribution in [2.75, 3.05) is 23.8 Å². The van der Waals surface area contributed by atoms with Gasteiger partial charge in [-0.2, -0.15) is 0 Å². The summed E-state index contributed by atoms with van der Waals surface area (Å²) in [5.41, 5.74) is 1.29. The van der Waals surface area contributed by atoms with E-state index in [0.29, 0.717) is 24.6 Å². The molecule has 0 bridgehead atoms. The highest BCUT2D eigenvalue weighted by atomic mass is 16.5. The van der Waals surface area contributed by atoms with Crippen LogP contribution in [-0.4, -0.2) is 37.2 Å². The highest BCUT2D eigenvalue weighted by molar-refractivity contribution is 5.97. The first-order valence-corrected chi connectivity index (χ1v) is 7.67. The van der Waals surface area contributed by atoms with Crippen LogP contribution in [0.2, 0.25) is 0 Å². The molecule has 0 aliphatic carbocycles. The first-order valence-electron chi connectivity index (χ1n) is 7.67. The molecule has 118 valence electrons. The van der Waals surface area contributed by atoms with Gasteiger partial charge in [0.15, 0.2) is 0 Å². The predicted octanol–water partition coefficient (Wildman–Crippen LogP) is 1.92. The van der Waals surface area contributed by atoms with Crippen LogP contribution in [0.1, 0.15) is 25.7 Å². The number of hydrogen-bond donors (Lipinski definition) is 2. The van der Waals surface area contributed by atoms with Crippen molar-refractivity contribution in [1.29, 1.82) is 0 Å². The van der Waals surface area contributed by atoms with Gasteiger partial charge in [-0.05, 0) is 43.9 Å². The Bertz CT molecular complexity index is 504. The molecule has 2 heterocycles. The van der Waals surface area contributed by atoms with Crippen LogP contribution in [0.25, 0.3) is 0 Å². The Hall–Kier alpha value is -1.92. The Kier molecular flexibility index (Phi) is 4.70. The molecule has 22 heavy (non-hydrogen) atoms. The lowest BCUT2D eigenvalue weighted by Crippen LogP contribution is -2.28. The van der Waals surface area contributed by atoms with Crippen LogP contribution >= 0.6 is 0 Å². The molecule has 6 heteroatoms. The van der Waals surface area contributed by atoms with Gasteiger partial charge < -0.3 is 20.1 Å². The summed E-state index contributed by atoms with van der Waals surface area (Å²) in [7, 11) is 0. The minimum absolute atomic E-state index is 0.139. The third-order valence-electron chi connectivity index (χ3n) is 3.84. The second-order valence-electron chi connectivity index (χ2n) is 5.56. The monoisotopic (exact) mass is 304 g/mol. The maximum atomic E-state index is 12.0. The molecule has 2 aliphatic heterocycles. The Balaban J connectivity index is 1.59. The Morgan fingerprint density at radius 1 is 0.909 bits per heavy atom. The maximum absolute atomic E-state index is 12.0. The lowest BCUT2D eigenvalue weighted by molar-refractivity contribution is -0.125. The van der Waals surface area contributed by atoms with Gasteiger partial charge in [0.05, 0.1) is 0 Å². The third-order valence-corrected chi connectivity index (χ3v) is 3.84. The highest BCUT2D eigenvalue weighted by Crippen LogP contribution is 2.20. The molecular weight excluding hydrogens is 284 g/mol. The SMILES string of the molecule is O=C(Nc1cccc(NC(=O)[C@@H]2CCCO2)c1)[C@@H]1CCCO1. The summed E-state index contributed by atoms with van der Waals surface area (Å²) >= 11 is 0. The van der Waals surface area contributed by atoms with Crippen molar-refractivity contribution in [2.24, 2.45) is 0 Å². The second kappa shape index (κ2) is 6.89. The minimum Gasteiger partial charge on any atom is -0.368 e. The van der Waals surface area contributed by atoms with Crippen LogP contribution in [0.5, 0.6) is 0 Å². The Labute approximate surface area is 129 Å². The van der Waals surface area contributed by atoms with E-state index in [0.717, 1.165) is 25.7 Å². The molecular formula is C16H20N2O4. The van der Waals surface area contributed by atoms with Crippen LogP contribution in [-0.2, 0) is 19.1 Å². The molecule has 0 unspecified atom stereocenters. The van der Waals surface area contributed by atoms with E-state index in [9.17, 15) is 9.59 Å². The molecule has 3 rings (SSSR count). The molecule has 2 atom stereocenters. The van der Waals surface area contributed by atoms with Gasteiger partial charge in [-0.25, -0.2) is 0 Å². The summed E-state index contributed by atoms with van der Waals surface area (Å²) in [6, 6.07) is 7.10. The van der Waals surface area contributed by atoms with E-state index in [2.05, 4.69) is 10.6 Å². The lowest BCUT2D eigenvalue weighted by Gasteiger charge is -2.13. The fourth-order valence-corrected chi connectivity index (χ4v) is 2.69. The van der Waals surface area contributed by atoms with Crippen molar-refractivity contribution in [3.05, 3.63) is 24.3 Å². The summed E-state index contributed by atoms with van der Waals surface area (Å²) in [6.07, 6.45) is 2.59. The fraction of sp³-hybridized carbons (Fsp3) is 0.500. The quantitative estimate of drug-likeness (QED) is 0.891. The zero-order valence-electron chi connectivity index (χ0n) is 12.3. The lowest BCUT2D eigenvalue weighted by atomic mass is 10.2. The number of rotatable bonds is 4. The van der Waals surface area contributed by atoms with Crippen molar-refractivity contribution in [1.82, 2.24) is 0 Å². The molecule has 6 nitrogen and oxygen atoms in total. The number of hydrogen-bond acceptors (Lipinski definition) is 4. The van der Waals surface area contributed by atoms with Crippen molar-refractivity contribution in [3.63, 3.8) is 0 Å². The number of nitrogens with one attached hydrogen (secondary N) is 2. The zero-order valence-corrected chi connectivity index (χ0v) is 12.3. The molecule has 2 saturated heterocycles. The summed E-state index contributed by atoms with van der Waals surface area (Å²) in [6.45, 7) is 1.27. The van der Waals surface area contributed by atoms with Gasteiger partial charge in [0.25, 0.3) is 11.8 Å². The average molecular weight is 304 g/mol. The number of ether oxygens (including phenoxy) is 2. The molecule has 2 N–H and O–H groups in total. The van der Waals surface area contributed by atoms with Crippen molar-refractivity contribution in [3.8, 4) is 0 Å². The topological polar surface area (TPSA) is 76.7 Å². The molecule has 0 radical (unpaired) electrons. The summed E-state index contributed by atoms with van der Waals surface area (Å²) in [5.74, 6) is -0.278. The molecule has 1 aromatic carbocycles.